The molecule has 0 unspecified atom stereocenters. The van der Waals surface area contributed by atoms with Gasteiger partial charge in [0.1, 0.15) is 6.61 Å². The van der Waals surface area contributed by atoms with E-state index in [4.69, 9.17) is 21.1 Å². The summed E-state index contributed by atoms with van der Waals surface area (Å²) in [5, 5.41) is 6.43. The Hall–Kier alpha value is -1.51. The molecule has 134 valence electrons. The van der Waals surface area contributed by atoms with Crippen LogP contribution in [0.5, 0.6) is 5.75 Å². The van der Waals surface area contributed by atoms with Crippen molar-refractivity contribution in [3.05, 3.63) is 51.1 Å². The average molecular weight is 475 g/mol. The zero-order valence-corrected chi connectivity index (χ0v) is 16.8. The Morgan fingerprint density at radius 1 is 1.12 bits per heavy atom. The SMILES string of the molecule is CCOCCOc1c(Cl)cccc1NCC(=O)Nc1ccccc1I. The van der Waals surface area contributed by atoms with Crippen molar-refractivity contribution >= 4 is 51.5 Å². The molecule has 0 atom stereocenters. The van der Waals surface area contributed by atoms with Gasteiger partial charge in [-0.2, -0.15) is 0 Å². The lowest BCUT2D eigenvalue weighted by Gasteiger charge is -2.15. The minimum Gasteiger partial charge on any atom is -0.487 e. The van der Waals surface area contributed by atoms with Crippen molar-refractivity contribution in [1.82, 2.24) is 0 Å². The van der Waals surface area contributed by atoms with Crippen LogP contribution >= 0.6 is 34.2 Å². The first-order valence-corrected chi connectivity index (χ1v) is 9.34. The molecule has 0 bridgehead atoms. The van der Waals surface area contributed by atoms with Crippen LogP contribution in [0.4, 0.5) is 11.4 Å². The van der Waals surface area contributed by atoms with Gasteiger partial charge in [0.2, 0.25) is 5.91 Å². The summed E-state index contributed by atoms with van der Waals surface area (Å²) in [6.07, 6.45) is 0. The van der Waals surface area contributed by atoms with E-state index in [2.05, 4.69) is 33.2 Å². The first-order chi connectivity index (χ1) is 12.1. The summed E-state index contributed by atoms with van der Waals surface area (Å²) >= 11 is 8.38. The number of para-hydroxylation sites is 2. The van der Waals surface area contributed by atoms with E-state index in [0.29, 0.717) is 36.3 Å². The molecule has 0 aliphatic rings. The molecule has 0 aliphatic carbocycles. The zero-order valence-electron chi connectivity index (χ0n) is 13.9. The number of carbonyl (C=O) groups excluding carboxylic acids is 1. The van der Waals surface area contributed by atoms with Crippen LogP contribution in [0.3, 0.4) is 0 Å². The van der Waals surface area contributed by atoms with Gasteiger partial charge in [-0.1, -0.05) is 29.8 Å². The summed E-state index contributed by atoms with van der Waals surface area (Å²) in [4.78, 5) is 12.2. The van der Waals surface area contributed by atoms with Gasteiger partial charge in [-0.25, -0.2) is 0 Å². The van der Waals surface area contributed by atoms with Gasteiger partial charge >= 0.3 is 0 Å². The third kappa shape index (κ3) is 6.37. The molecule has 0 aliphatic heterocycles. The Kier molecular flexibility index (Phi) is 8.30. The van der Waals surface area contributed by atoms with E-state index >= 15 is 0 Å². The number of hydrogen-bond acceptors (Lipinski definition) is 4. The molecule has 0 saturated carbocycles. The van der Waals surface area contributed by atoms with Crippen LogP contribution in [-0.4, -0.2) is 32.3 Å². The lowest BCUT2D eigenvalue weighted by molar-refractivity contribution is -0.114. The fourth-order valence-corrected chi connectivity index (χ4v) is 2.83. The van der Waals surface area contributed by atoms with Crippen LogP contribution in [0, 0.1) is 3.57 Å². The van der Waals surface area contributed by atoms with Crippen LogP contribution in [0.1, 0.15) is 6.92 Å². The van der Waals surface area contributed by atoms with Gasteiger partial charge < -0.3 is 20.1 Å². The highest BCUT2D eigenvalue weighted by Crippen LogP contribution is 2.32. The maximum Gasteiger partial charge on any atom is 0.243 e. The van der Waals surface area contributed by atoms with Gasteiger partial charge in [0.05, 0.1) is 29.5 Å². The van der Waals surface area contributed by atoms with Crippen LogP contribution in [0.2, 0.25) is 5.02 Å². The molecule has 25 heavy (non-hydrogen) atoms. The third-order valence-corrected chi connectivity index (χ3v) is 4.47. The normalized spacial score (nSPS) is 10.4. The maximum absolute atomic E-state index is 12.2. The highest BCUT2D eigenvalue weighted by Gasteiger charge is 2.11. The zero-order chi connectivity index (χ0) is 18.1. The fourth-order valence-electron chi connectivity index (χ4n) is 2.07. The van der Waals surface area contributed by atoms with Crippen molar-refractivity contribution in [3.8, 4) is 5.75 Å². The Balaban J connectivity index is 1.94. The van der Waals surface area contributed by atoms with E-state index in [-0.39, 0.29) is 12.5 Å². The quantitative estimate of drug-likeness (QED) is 0.417. The highest BCUT2D eigenvalue weighted by molar-refractivity contribution is 14.1. The molecule has 2 N–H and O–H groups in total. The van der Waals surface area contributed by atoms with Crippen LogP contribution in [0.25, 0.3) is 0 Å². The monoisotopic (exact) mass is 474 g/mol. The Bertz CT molecular complexity index is 712. The van der Waals surface area contributed by atoms with E-state index in [1.54, 1.807) is 12.1 Å². The maximum atomic E-state index is 12.2. The van der Waals surface area contributed by atoms with Crippen LogP contribution in [-0.2, 0) is 9.53 Å². The summed E-state index contributed by atoms with van der Waals surface area (Å²) in [5.41, 5.74) is 1.45. The number of hydrogen-bond donors (Lipinski definition) is 2. The minimum atomic E-state index is -0.149. The molecule has 0 fully saturated rings. The molecule has 0 heterocycles. The molecule has 2 aromatic carbocycles. The number of nitrogens with one attached hydrogen (secondary N) is 2. The van der Waals surface area contributed by atoms with Crippen molar-refractivity contribution in [2.45, 2.75) is 6.92 Å². The highest BCUT2D eigenvalue weighted by atomic mass is 127. The molecule has 0 saturated heterocycles. The molecule has 0 spiro atoms. The number of rotatable bonds is 9. The van der Waals surface area contributed by atoms with Crippen molar-refractivity contribution in [3.63, 3.8) is 0 Å². The second-order valence-corrected chi connectivity index (χ2v) is 6.61. The molecular weight excluding hydrogens is 455 g/mol. The van der Waals surface area contributed by atoms with Gasteiger partial charge in [-0.3, -0.25) is 4.79 Å². The Morgan fingerprint density at radius 3 is 2.64 bits per heavy atom. The third-order valence-electron chi connectivity index (χ3n) is 3.23. The molecule has 0 aromatic heterocycles. The molecule has 2 aromatic rings. The van der Waals surface area contributed by atoms with E-state index in [1.807, 2.05) is 37.3 Å². The predicted octanol–water partition coefficient (Wildman–Crippen LogP) is 4.41. The van der Waals surface area contributed by atoms with Crippen LogP contribution < -0.4 is 15.4 Å². The summed E-state index contributed by atoms with van der Waals surface area (Å²) in [6.45, 7) is 3.53. The molecular formula is C18H20ClIN2O3. The van der Waals surface area contributed by atoms with Crippen LogP contribution in [0.15, 0.2) is 42.5 Å². The average Bonchev–Trinajstić information content (AvgIpc) is 2.60. The molecule has 1 amide bonds. The Morgan fingerprint density at radius 2 is 1.88 bits per heavy atom. The first-order valence-electron chi connectivity index (χ1n) is 7.89. The molecule has 5 nitrogen and oxygen atoms in total. The number of carbonyl (C=O) groups is 1. The number of amides is 1. The summed E-state index contributed by atoms with van der Waals surface area (Å²) in [5.74, 6) is 0.371. The predicted molar refractivity (Wildman–Crippen MR) is 110 cm³/mol. The lowest BCUT2D eigenvalue weighted by Crippen LogP contribution is -2.22. The van der Waals surface area contributed by atoms with Gasteiger partial charge in [-0.05, 0) is 53.8 Å². The molecule has 0 radical (unpaired) electrons. The molecule has 2 rings (SSSR count). The van der Waals surface area contributed by atoms with Crippen molar-refractivity contribution in [2.75, 3.05) is 37.0 Å². The second kappa shape index (κ2) is 10.5. The van der Waals surface area contributed by atoms with Crippen molar-refractivity contribution in [1.29, 1.82) is 0 Å². The Labute approximate surface area is 166 Å². The standard InChI is InChI=1S/C18H20ClIN2O3/c1-2-24-10-11-25-18-13(19)6-5-9-16(18)21-12-17(23)22-15-8-4-3-7-14(15)20/h3-9,21H,2,10-12H2,1H3,(H,22,23). The first kappa shape index (κ1) is 19.8. The van der Waals surface area contributed by atoms with E-state index in [9.17, 15) is 4.79 Å². The minimum absolute atomic E-state index is 0.104. The summed E-state index contributed by atoms with van der Waals surface area (Å²) in [6, 6.07) is 13.0. The lowest BCUT2D eigenvalue weighted by atomic mass is 10.3. The summed E-state index contributed by atoms with van der Waals surface area (Å²) in [7, 11) is 0. The van der Waals surface area contributed by atoms with E-state index in [1.165, 1.54) is 0 Å². The largest absolute Gasteiger partial charge is 0.487 e. The number of halogens is 2. The summed E-state index contributed by atoms with van der Waals surface area (Å²) < 4.78 is 11.9. The van der Waals surface area contributed by atoms with Crippen molar-refractivity contribution in [2.24, 2.45) is 0 Å². The van der Waals surface area contributed by atoms with E-state index < -0.39 is 0 Å². The van der Waals surface area contributed by atoms with E-state index in [0.717, 1.165) is 9.26 Å². The molecule has 7 heteroatoms. The van der Waals surface area contributed by atoms with Gasteiger partial charge in [0.25, 0.3) is 0 Å². The smallest absolute Gasteiger partial charge is 0.243 e. The number of benzene rings is 2. The second-order valence-electron chi connectivity index (χ2n) is 5.04. The van der Waals surface area contributed by atoms with Gasteiger partial charge in [-0.15, -0.1) is 0 Å². The van der Waals surface area contributed by atoms with Crippen molar-refractivity contribution < 1.29 is 14.3 Å². The topological polar surface area (TPSA) is 59.6 Å². The number of anilines is 2. The number of ether oxygens (including phenoxy) is 2. The van der Waals surface area contributed by atoms with Gasteiger partial charge in [0.15, 0.2) is 5.75 Å². The van der Waals surface area contributed by atoms with Gasteiger partial charge in [0, 0.05) is 10.2 Å². The fraction of sp³-hybridized carbons (Fsp3) is 0.278.